The van der Waals surface area contributed by atoms with Gasteiger partial charge in [0, 0.05) is 0 Å². The van der Waals surface area contributed by atoms with E-state index in [-0.39, 0.29) is 6.61 Å². The zero-order valence-electron chi connectivity index (χ0n) is 6.11. The topological polar surface area (TPSA) is 55.8 Å². The van der Waals surface area contributed by atoms with Gasteiger partial charge in [-0.15, -0.1) is 0 Å². The Labute approximate surface area is 66.9 Å². The third-order valence-electron chi connectivity index (χ3n) is 0.724. The highest BCUT2D eigenvalue weighted by Crippen LogP contribution is 2.45. The molecule has 0 radical (unpaired) electrons. The van der Waals surface area contributed by atoms with Gasteiger partial charge in [-0.3, -0.25) is 4.52 Å². The van der Waals surface area contributed by atoms with Crippen LogP contribution in [0.25, 0.3) is 0 Å². The minimum absolute atomic E-state index is 0.232. The highest BCUT2D eigenvalue weighted by Gasteiger charge is 2.31. The lowest BCUT2D eigenvalue weighted by atomic mass is 10.7. The van der Waals surface area contributed by atoms with Crippen molar-refractivity contribution in [3.8, 4) is 0 Å². The predicted octanol–water partition coefficient (Wildman–Crippen LogP) is 1.70. The Morgan fingerprint density at radius 3 is 2.33 bits per heavy atom. The number of phosphoric ester groups is 1. The summed E-state index contributed by atoms with van der Waals surface area (Å²) >= 11 is 0. The molecule has 74 valence electrons. The Morgan fingerprint density at radius 2 is 2.00 bits per heavy atom. The van der Waals surface area contributed by atoms with Gasteiger partial charge in [0.05, 0.1) is 6.61 Å². The number of halogens is 3. The molecular weight excluding hydrogens is 200 g/mol. The van der Waals surface area contributed by atoms with E-state index >= 15 is 0 Å². The molecule has 0 aliphatic carbocycles. The maximum absolute atomic E-state index is 12.0. The van der Waals surface area contributed by atoms with E-state index in [4.69, 9.17) is 4.89 Å². The lowest BCUT2D eigenvalue weighted by Crippen LogP contribution is -2.15. The summed E-state index contributed by atoms with van der Waals surface area (Å²) in [4.78, 5) is 8.47. The Balaban J connectivity index is 3.97. The van der Waals surface area contributed by atoms with E-state index < -0.39 is 20.6 Å². The number of phosphoric acid groups is 1. The molecular formula is C4H8F3O4P. The second kappa shape index (κ2) is 4.81. The Morgan fingerprint density at radius 1 is 1.50 bits per heavy atom. The van der Waals surface area contributed by atoms with Crippen molar-refractivity contribution in [1.82, 2.24) is 0 Å². The van der Waals surface area contributed by atoms with Crippen LogP contribution in [0.2, 0.25) is 0 Å². The van der Waals surface area contributed by atoms with Crippen molar-refractivity contribution in [2.24, 2.45) is 0 Å². The van der Waals surface area contributed by atoms with Gasteiger partial charge in [0.1, 0.15) is 0 Å². The van der Waals surface area contributed by atoms with Crippen molar-refractivity contribution >= 4 is 7.82 Å². The molecule has 4 nitrogen and oxygen atoms in total. The normalized spacial score (nSPS) is 19.2. The van der Waals surface area contributed by atoms with Crippen LogP contribution in [-0.2, 0) is 13.6 Å². The van der Waals surface area contributed by atoms with Gasteiger partial charge in [0.2, 0.25) is 0 Å². The third kappa shape index (κ3) is 4.71. The summed E-state index contributed by atoms with van der Waals surface area (Å²) in [6, 6.07) is 0. The van der Waals surface area contributed by atoms with Crippen LogP contribution in [0.3, 0.4) is 0 Å². The number of hydrogen-bond donors (Lipinski definition) is 1. The fraction of sp³-hybridized carbons (Fsp3) is 1.00. The third-order valence-corrected chi connectivity index (χ3v) is 1.78. The molecule has 0 spiro atoms. The van der Waals surface area contributed by atoms with Crippen molar-refractivity contribution < 1.29 is 31.7 Å². The minimum Gasteiger partial charge on any atom is -0.302 e. The van der Waals surface area contributed by atoms with Crippen molar-refractivity contribution in [1.29, 1.82) is 0 Å². The molecule has 0 aromatic rings. The first kappa shape index (κ1) is 11.9. The molecule has 0 rings (SSSR count). The summed E-state index contributed by atoms with van der Waals surface area (Å²) in [5, 5.41) is 0. The lowest BCUT2D eigenvalue weighted by Gasteiger charge is -2.12. The van der Waals surface area contributed by atoms with Crippen molar-refractivity contribution in [2.45, 2.75) is 19.7 Å². The van der Waals surface area contributed by atoms with E-state index in [1.54, 1.807) is 0 Å². The van der Waals surface area contributed by atoms with E-state index in [1.165, 1.54) is 6.92 Å². The molecule has 2 unspecified atom stereocenters. The molecule has 0 aliphatic rings. The molecule has 2 atom stereocenters. The monoisotopic (exact) mass is 208 g/mol. The van der Waals surface area contributed by atoms with Crippen LogP contribution in [0.1, 0.15) is 6.92 Å². The molecule has 0 saturated carbocycles. The molecule has 0 fully saturated rings. The van der Waals surface area contributed by atoms with Gasteiger partial charge in [-0.25, -0.2) is 22.3 Å². The van der Waals surface area contributed by atoms with Crippen LogP contribution in [-0.4, -0.2) is 24.3 Å². The molecule has 12 heavy (non-hydrogen) atoms. The Kier molecular flexibility index (Phi) is 4.77. The molecule has 0 aliphatic heterocycles. The molecule has 0 bridgehead atoms. The van der Waals surface area contributed by atoms with Crippen LogP contribution >= 0.6 is 7.82 Å². The summed E-state index contributed by atoms with van der Waals surface area (Å²) in [6.07, 6.45) is -6.57. The SMILES string of the molecule is CCOP(=O)(O)OC(F)C(F)F. The smallest absolute Gasteiger partial charge is 0.302 e. The van der Waals surface area contributed by atoms with Gasteiger partial charge in [-0.2, -0.15) is 0 Å². The van der Waals surface area contributed by atoms with Crippen LogP contribution < -0.4 is 0 Å². The number of hydrogen-bond acceptors (Lipinski definition) is 3. The summed E-state index contributed by atoms with van der Waals surface area (Å²) in [6.45, 7) is 1.10. The molecule has 1 N–H and O–H groups in total. The van der Waals surface area contributed by atoms with Gasteiger partial charge in [-0.1, -0.05) is 0 Å². The Hall–Kier alpha value is -0.100. The van der Waals surface area contributed by atoms with E-state index in [0.717, 1.165) is 0 Å². The van der Waals surface area contributed by atoms with E-state index in [1.807, 2.05) is 0 Å². The highest BCUT2D eigenvalue weighted by atomic mass is 31.2. The van der Waals surface area contributed by atoms with Crippen LogP contribution in [0.15, 0.2) is 0 Å². The maximum Gasteiger partial charge on any atom is 0.474 e. The molecule has 0 heterocycles. The van der Waals surface area contributed by atoms with Crippen molar-refractivity contribution in [3.05, 3.63) is 0 Å². The highest BCUT2D eigenvalue weighted by molar-refractivity contribution is 7.47. The van der Waals surface area contributed by atoms with E-state index in [0.29, 0.717) is 0 Å². The average Bonchev–Trinajstić information content (AvgIpc) is 1.85. The minimum atomic E-state index is -4.66. The lowest BCUT2D eigenvalue weighted by molar-refractivity contribution is -0.0822. The summed E-state index contributed by atoms with van der Waals surface area (Å²) < 4.78 is 52.6. The van der Waals surface area contributed by atoms with Crippen LogP contribution in [0.5, 0.6) is 0 Å². The zero-order valence-corrected chi connectivity index (χ0v) is 7.01. The Bertz CT molecular complexity index is 176. The standard InChI is InChI=1S/C4H8F3O4P/c1-2-10-12(8,9)11-4(7)3(5)6/h3-4H,2H2,1H3,(H,8,9). The van der Waals surface area contributed by atoms with E-state index in [2.05, 4.69) is 9.05 Å². The van der Waals surface area contributed by atoms with Gasteiger partial charge in [0.15, 0.2) is 0 Å². The summed E-state index contributed by atoms with van der Waals surface area (Å²) in [5.41, 5.74) is 0. The molecule has 0 amide bonds. The van der Waals surface area contributed by atoms with Gasteiger partial charge < -0.3 is 4.89 Å². The van der Waals surface area contributed by atoms with Gasteiger partial charge in [0.25, 0.3) is 12.8 Å². The second-order valence-electron chi connectivity index (χ2n) is 1.68. The summed E-state index contributed by atoms with van der Waals surface area (Å²) in [7, 11) is -4.66. The summed E-state index contributed by atoms with van der Waals surface area (Å²) in [5.74, 6) is 0. The molecule has 0 aromatic heterocycles. The maximum atomic E-state index is 12.0. The quantitative estimate of drug-likeness (QED) is 0.698. The molecule has 0 saturated heterocycles. The largest absolute Gasteiger partial charge is 0.474 e. The predicted molar refractivity (Wildman–Crippen MR) is 33.4 cm³/mol. The average molecular weight is 208 g/mol. The zero-order chi connectivity index (χ0) is 9.78. The first-order valence-corrected chi connectivity index (χ1v) is 4.46. The molecule has 8 heteroatoms. The van der Waals surface area contributed by atoms with Gasteiger partial charge in [-0.05, 0) is 6.92 Å². The van der Waals surface area contributed by atoms with Crippen LogP contribution in [0.4, 0.5) is 13.2 Å². The van der Waals surface area contributed by atoms with Gasteiger partial charge >= 0.3 is 7.82 Å². The first-order chi connectivity index (χ1) is 5.39. The number of rotatable bonds is 5. The first-order valence-electron chi connectivity index (χ1n) is 2.97. The second-order valence-corrected chi connectivity index (χ2v) is 3.08. The van der Waals surface area contributed by atoms with Crippen molar-refractivity contribution in [2.75, 3.05) is 6.61 Å². The van der Waals surface area contributed by atoms with Crippen LogP contribution in [0, 0.1) is 0 Å². The van der Waals surface area contributed by atoms with E-state index in [9.17, 15) is 17.7 Å². The van der Waals surface area contributed by atoms with Crippen molar-refractivity contribution in [3.63, 3.8) is 0 Å². The fourth-order valence-corrected chi connectivity index (χ4v) is 1.10. The fourth-order valence-electron chi connectivity index (χ4n) is 0.367. The number of alkyl halides is 3. The molecule has 0 aromatic carbocycles.